The van der Waals surface area contributed by atoms with E-state index >= 15 is 0 Å². The van der Waals surface area contributed by atoms with Gasteiger partial charge < -0.3 is 14.0 Å². The number of H-pyrrole nitrogens is 1. The van der Waals surface area contributed by atoms with Gasteiger partial charge in [-0.05, 0) is 25.1 Å². The van der Waals surface area contributed by atoms with E-state index in [4.69, 9.17) is 19.8 Å². The van der Waals surface area contributed by atoms with Crippen molar-refractivity contribution in [2.75, 3.05) is 20.2 Å². The van der Waals surface area contributed by atoms with Gasteiger partial charge >= 0.3 is 5.16 Å². The summed E-state index contributed by atoms with van der Waals surface area (Å²) < 4.78 is 107. The maximum Gasteiger partial charge on any atom is 0.322 e. The van der Waals surface area contributed by atoms with E-state index in [-0.39, 0.29) is 10.7 Å². The van der Waals surface area contributed by atoms with E-state index in [1.54, 1.807) is 24.3 Å². The van der Waals surface area contributed by atoms with Crippen LogP contribution in [0.5, 0.6) is 5.75 Å². The van der Waals surface area contributed by atoms with Crippen molar-refractivity contribution < 1.29 is 29.1 Å². The Bertz CT molecular complexity index is 1220. The van der Waals surface area contributed by atoms with E-state index in [1.165, 1.54) is 6.92 Å². The molecule has 0 spiro atoms. The molecule has 0 amide bonds. The smallest absolute Gasteiger partial charge is 0.322 e. The summed E-state index contributed by atoms with van der Waals surface area (Å²) in [6.07, 6.45) is -2.63. The fraction of sp³-hybridized carbons (Fsp3) is 0.333. The highest BCUT2D eigenvalue weighted by atomic mass is 32.2. The minimum atomic E-state index is -3.65. The highest BCUT2D eigenvalue weighted by molar-refractivity contribution is 7.90. The van der Waals surface area contributed by atoms with Crippen LogP contribution >= 0.6 is 0 Å². The minimum absolute atomic E-state index is 0.149. The standard InChI is InChI=1S/C18H21N3O3S/c1-13-16(19-9-8-17(13)24-11-5-10-23-2)12-25(22)18-20-14-6-3-4-7-15(14)21-18/h3-4,6-9H,5,10-12H2,1-2H3,(H,20,21)/i2D3,5D2,10D2,11D2,12D2. The molecule has 3 aromatic rings. The molecule has 0 aliphatic rings. The third kappa shape index (κ3) is 4.31. The molecule has 0 saturated heterocycles. The Labute approximate surface area is 165 Å². The molecule has 3 rings (SSSR count). The zero-order valence-electron chi connectivity index (χ0n) is 24.0. The molecule has 25 heavy (non-hydrogen) atoms. The van der Waals surface area contributed by atoms with Crippen molar-refractivity contribution >= 4 is 22.2 Å². The van der Waals surface area contributed by atoms with Crippen LogP contribution in [0.1, 0.15) is 32.7 Å². The largest absolute Gasteiger partial charge is 0.609 e. The fourth-order valence-corrected chi connectivity index (χ4v) is 2.87. The second-order valence-corrected chi connectivity index (χ2v) is 5.87. The lowest BCUT2D eigenvalue weighted by Crippen LogP contribution is -2.10. The van der Waals surface area contributed by atoms with Crippen LogP contribution in [0, 0.1) is 6.92 Å². The molecule has 1 aromatic carbocycles. The van der Waals surface area contributed by atoms with Crippen LogP contribution in [0.4, 0.5) is 0 Å². The van der Waals surface area contributed by atoms with Crippen molar-refractivity contribution in [1.82, 2.24) is 15.0 Å². The maximum absolute atomic E-state index is 13.1. The topological polar surface area (TPSA) is 83.1 Å². The van der Waals surface area contributed by atoms with Gasteiger partial charge in [0.25, 0.3) is 0 Å². The number of rotatable bonds is 8. The molecule has 1 unspecified atom stereocenters. The van der Waals surface area contributed by atoms with Crippen LogP contribution in [0.3, 0.4) is 0 Å². The number of hydrogen-bond donors (Lipinski definition) is 1. The summed E-state index contributed by atoms with van der Waals surface area (Å²) in [5.41, 5.74) is -2.24. The van der Waals surface area contributed by atoms with Gasteiger partial charge in [-0.2, -0.15) is 4.98 Å². The number of para-hydroxylation sites is 2. The van der Waals surface area contributed by atoms with Gasteiger partial charge in [0.05, 0.1) is 35.6 Å². The average molecular weight is 371 g/mol. The van der Waals surface area contributed by atoms with Gasteiger partial charge in [0.1, 0.15) is 5.75 Å². The quantitative estimate of drug-likeness (QED) is 0.616. The lowest BCUT2D eigenvalue weighted by Gasteiger charge is -2.12. The first kappa shape index (κ1) is 8.53. The molecular weight excluding hydrogens is 338 g/mol. The Morgan fingerprint density at radius 3 is 3.04 bits per heavy atom. The molecule has 0 fully saturated rings. The van der Waals surface area contributed by atoms with Crippen molar-refractivity contribution in [2.24, 2.45) is 0 Å². The van der Waals surface area contributed by atoms with Gasteiger partial charge in [0, 0.05) is 45.6 Å². The molecule has 7 heteroatoms. The Balaban J connectivity index is 1.95. The molecule has 0 aliphatic heterocycles. The van der Waals surface area contributed by atoms with Crippen LogP contribution in [0.15, 0.2) is 41.7 Å². The Morgan fingerprint density at radius 1 is 1.32 bits per heavy atom. The molecule has 1 N–H and O–H groups in total. The van der Waals surface area contributed by atoms with E-state index in [2.05, 4.69) is 19.7 Å². The summed E-state index contributed by atoms with van der Waals surface area (Å²) in [6.45, 7) is -5.89. The van der Waals surface area contributed by atoms with Crippen LogP contribution in [-0.2, 0) is 21.6 Å². The monoisotopic (exact) mass is 370 g/mol. The third-order valence-electron chi connectivity index (χ3n) is 3.20. The molecule has 0 saturated carbocycles. The number of imidazole rings is 1. The van der Waals surface area contributed by atoms with Gasteiger partial charge in [-0.25, -0.2) is 0 Å². The van der Waals surface area contributed by atoms with Gasteiger partial charge in [0.2, 0.25) is 0 Å². The number of methoxy groups -OCH3 is 1. The van der Waals surface area contributed by atoms with E-state index in [1.807, 2.05) is 0 Å². The Morgan fingerprint density at radius 2 is 2.20 bits per heavy atom. The first-order chi connectivity index (χ1) is 16.3. The van der Waals surface area contributed by atoms with Crippen LogP contribution < -0.4 is 4.74 Å². The second-order valence-electron chi connectivity index (χ2n) is 4.75. The van der Waals surface area contributed by atoms with Crippen LogP contribution in [0.2, 0.25) is 0 Å². The van der Waals surface area contributed by atoms with Crippen molar-refractivity contribution in [3.8, 4) is 5.75 Å². The zero-order valence-corrected chi connectivity index (χ0v) is 13.8. The first-order valence-electron chi connectivity index (χ1n) is 12.5. The number of nitrogens with zero attached hydrogens (tertiary/aromatic N) is 2. The summed E-state index contributed by atoms with van der Waals surface area (Å²) in [6, 6.07) is 7.81. The molecule has 2 aromatic heterocycles. The minimum Gasteiger partial charge on any atom is -0.609 e. The van der Waals surface area contributed by atoms with Crippen molar-refractivity contribution in [3.63, 3.8) is 0 Å². The maximum atomic E-state index is 13.1. The number of fused-ring (bicyclic) bond motifs is 1. The van der Waals surface area contributed by atoms with Gasteiger partial charge in [-0.3, -0.25) is 9.97 Å². The molecule has 2 heterocycles. The number of benzene rings is 1. The summed E-state index contributed by atoms with van der Waals surface area (Å²) in [5, 5.41) is -0.171. The molecule has 132 valence electrons. The van der Waals surface area contributed by atoms with Gasteiger partial charge in [0.15, 0.2) is 5.70 Å². The van der Waals surface area contributed by atoms with E-state index in [9.17, 15) is 4.55 Å². The van der Waals surface area contributed by atoms with Crippen molar-refractivity contribution in [3.05, 3.63) is 47.8 Å². The fourth-order valence-electron chi connectivity index (χ4n) is 2.01. The van der Waals surface area contributed by atoms with Crippen LogP contribution in [-0.4, -0.2) is 39.7 Å². The molecule has 0 radical (unpaired) electrons. The second kappa shape index (κ2) is 8.33. The SMILES string of the molecule is [2H]C([2H])([2H])OC([2H])([2H])C([2H])([2H])C([2H])([2H])Oc1ccnc(C([2H])([2H])[S+]([O-])c2nc3ccccc3[nH]2)c1C. The Kier molecular flexibility index (Phi) is 2.84. The molecule has 1 atom stereocenters. The predicted octanol–water partition coefficient (Wildman–Crippen LogP) is 2.99. The Hall–Kier alpha value is -2.09. The molecule has 6 nitrogen and oxygen atoms in total. The van der Waals surface area contributed by atoms with E-state index in [0.29, 0.717) is 11.0 Å². The lowest BCUT2D eigenvalue weighted by atomic mass is 10.2. The summed E-state index contributed by atoms with van der Waals surface area (Å²) in [5.74, 6) is -0.441. The molecule has 0 aliphatic carbocycles. The molecule has 0 bridgehead atoms. The number of aromatic amines is 1. The van der Waals surface area contributed by atoms with Crippen molar-refractivity contribution in [2.45, 2.75) is 24.2 Å². The highest BCUT2D eigenvalue weighted by Gasteiger charge is 2.20. The first-order valence-corrected chi connectivity index (χ1v) is 8.17. The highest BCUT2D eigenvalue weighted by Crippen LogP contribution is 2.24. The van der Waals surface area contributed by atoms with Crippen LogP contribution in [0.25, 0.3) is 11.0 Å². The number of nitrogens with one attached hydrogen (secondary N) is 1. The van der Waals surface area contributed by atoms with E-state index in [0.717, 1.165) is 12.3 Å². The summed E-state index contributed by atoms with van der Waals surface area (Å²) in [4.78, 5) is 10.8. The van der Waals surface area contributed by atoms with Gasteiger partial charge in [-0.15, -0.1) is 0 Å². The third-order valence-corrected chi connectivity index (χ3v) is 4.12. The average Bonchev–Trinajstić information content (AvgIpc) is 3.16. The summed E-state index contributed by atoms with van der Waals surface area (Å²) >= 11 is -2.42. The van der Waals surface area contributed by atoms with Gasteiger partial charge in [-0.1, -0.05) is 12.1 Å². The number of ether oxygens (including phenoxy) is 2. The number of pyridine rings is 1. The van der Waals surface area contributed by atoms with Crippen molar-refractivity contribution in [1.29, 1.82) is 0 Å². The zero-order chi connectivity index (χ0) is 27.3. The lowest BCUT2D eigenvalue weighted by molar-refractivity contribution is 0.172. The van der Waals surface area contributed by atoms with E-state index < -0.39 is 54.9 Å². The normalized spacial score (nSPS) is 21.8. The number of aromatic nitrogens is 3. The summed E-state index contributed by atoms with van der Waals surface area (Å²) in [7, 11) is -3.37. The number of hydrogen-bond acceptors (Lipinski definition) is 5. The molecular formula is C18H21N3O3S. The predicted molar refractivity (Wildman–Crippen MR) is 97.2 cm³/mol.